The third-order valence-electron chi connectivity index (χ3n) is 2.78. The molecule has 1 rings (SSSR count). The normalized spacial score (nSPS) is 30.2. The quantitative estimate of drug-likeness (QED) is 0.576. The van der Waals surface area contributed by atoms with Crippen LogP contribution < -0.4 is 0 Å². The van der Waals surface area contributed by atoms with Crippen LogP contribution in [0.15, 0.2) is 11.6 Å². The Balaban J connectivity index is 2.77. The van der Waals surface area contributed by atoms with Gasteiger partial charge < -0.3 is 0 Å². The summed E-state index contributed by atoms with van der Waals surface area (Å²) in [5.41, 5.74) is 1.03. The fourth-order valence-electron chi connectivity index (χ4n) is 1.99. The van der Waals surface area contributed by atoms with Crippen LogP contribution in [0.3, 0.4) is 0 Å². The van der Waals surface area contributed by atoms with Crippen molar-refractivity contribution in [3.05, 3.63) is 11.6 Å². The second-order valence-electron chi connectivity index (χ2n) is 4.19. The maximum atomic E-state index is 10.8. The maximum Gasteiger partial charge on any atom is 0.146 e. The number of hydrogen-bond acceptors (Lipinski definition) is 1. The Bertz CT molecular complexity index is 191. The summed E-state index contributed by atoms with van der Waals surface area (Å²) in [7, 11) is 0. The van der Waals surface area contributed by atoms with Gasteiger partial charge in [0, 0.05) is 0 Å². The Hall–Kier alpha value is -0.590. The molecule has 0 amide bonds. The molecule has 0 aromatic heterocycles. The zero-order valence-corrected chi connectivity index (χ0v) is 8.21. The summed E-state index contributed by atoms with van der Waals surface area (Å²) in [5, 5.41) is 0. The van der Waals surface area contributed by atoms with Crippen LogP contribution in [0.4, 0.5) is 0 Å². The third kappa shape index (κ3) is 1.96. The molecule has 0 aliphatic heterocycles. The van der Waals surface area contributed by atoms with Crippen molar-refractivity contribution in [3.8, 4) is 0 Å². The molecular weight excluding hydrogens is 148 g/mol. The first-order valence-electron chi connectivity index (χ1n) is 4.82. The van der Waals surface area contributed by atoms with E-state index in [0.717, 1.165) is 11.9 Å². The summed E-state index contributed by atoms with van der Waals surface area (Å²) in [6, 6.07) is 0. The summed E-state index contributed by atoms with van der Waals surface area (Å²) in [5.74, 6) is 1.72. The van der Waals surface area contributed by atoms with Gasteiger partial charge in [0.05, 0.1) is 0 Å². The predicted molar refractivity (Wildman–Crippen MR) is 50.9 cm³/mol. The van der Waals surface area contributed by atoms with Gasteiger partial charge in [0.15, 0.2) is 0 Å². The first-order chi connectivity index (χ1) is 5.65. The van der Waals surface area contributed by atoms with Gasteiger partial charge in [-0.1, -0.05) is 26.8 Å². The van der Waals surface area contributed by atoms with E-state index in [-0.39, 0.29) is 0 Å². The summed E-state index contributed by atoms with van der Waals surface area (Å²) in [6.45, 7) is 6.57. The molecule has 0 unspecified atom stereocenters. The van der Waals surface area contributed by atoms with Crippen molar-refractivity contribution in [3.63, 3.8) is 0 Å². The summed E-state index contributed by atoms with van der Waals surface area (Å²) < 4.78 is 0. The fourth-order valence-corrected chi connectivity index (χ4v) is 1.99. The average molecular weight is 166 g/mol. The van der Waals surface area contributed by atoms with Crippen molar-refractivity contribution in [2.75, 3.05) is 0 Å². The lowest BCUT2D eigenvalue weighted by Gasteiger charge is -2.27. The van der Waals surface area contributed by atoms with Crippen molar-refractivity contribution in [2.24, 2.45) is 17.8 Å². The van der Waals surface area contributed by atoms with Gasteiger partial charge in [-0.2, -0.15) is 0 Å². The van der Waals surface area contributed by atoms with Gasteiger partial charge in [-0.25, -0.2) is 0 Å². The van der Waals surface area contributed by atoms with Crippen molar-refractivity contribution < 1.29 is 4.79 Å². The molecule has 1 heteroatoms. The predicted octanol–water partition coefficient (Wildman–Crippen LogP) is 2.81. The lowest BCUT2D eigenvalue weighted by Crippen LogP contribution is -2.18. The van der Waals surface area contributed by atoms with Crippen LogP contribution in [-0.2, 0) is 4.79 Å². The number of aldehydes is 1. The molecule has 0 saturated heterocycles. The molecule has 0 bridgehead atoms. The van der Waals surface area contributed by atoms with Gasteiger partial charge in [-0.05, 0) is 36.2 Å². The van der Waals surface area contributed by atoms with E-state index in [1.54, 1.807) is 0 Å². The Morgan fingerprint density at radius 3 is 2.67 bits per heavy atom. The largest absolute Gasteiger partial charge is 0.298 e. The second kappa shape index (κ2) is 3.88. The van der Waals surface area contributed by atoms with Crippen LogP contribution in [-0.4, -0.2) is 6.29 Å². The number of allylic oxidation sites excluding steroid dienone is 2. The van der Waals surface area contributed by atoms with E-state index in [1.165, 1.54) is 12.8 Å². The standard InChI is InChI=1S/C11H18O/c1-8(2)11-5-4-9(3)6-10(11)7-12/h6-9,11H,4-5H2,1-3H3/t9-,11+/m1/s1. The molecule has 68 valence electrons. The topological polar surface area (TPSA) is 17.1 Å². The van der Waals surface area contributed by atoms with Crippen molar-refractivity contribution in [1.82, 2.24) is 0 Å². The Kier molecular flexibility index (Phi) is 3.07. The molecule has 1 nitrogen and oxygen atoms in total. The molecule has 1 aliphatic carbocycles. The van der Waals surface area contributed by atoms with Crippen molar-refractivity contribution in [2.45, 2.75) is 33.6 Å². The zero-order chi connectivity index (χ0) is 9.14. The van der Waals surface area contributed by atoms with Crippen LogP contribution >= 0.6 is 0 Å². The van der Waals surface area contributed by atoms with E-state index < -0.39 is 0 Å². The fraction of sp³-hybridized carbons (Fsp3) is 0.727. The molecule has 12 heavy (non-hydrogen) atoms. The Morgan fingerprint density at radius 2 is 2.17 bits per heavy atom. The van der Waals surface area contributed by atoms with Gasteiger partial charge in [-0.15, -0.1) is 0 Å². The molecule has 0 fully saturated rings. The van der Waals surface area contributed by atoms with Gasteiger partial charge in [0.25, 0.3) is 0 Å². The molecule has 2 atom stereocenters. The van der Waals surface area contributed by atoms with Crippen LogP contribution in [0.5, 0.6) is 0 Å². The first-order valence-corrected chi connectivity index (χ1v) is 4.82. The van der Waals surface area contributed by atoms with Crippen LogP contribution in [0, 0.1) is 17.8 Å². The average Bonchev–Trinajstić information content (AvgIpc) is 2.03. The number of carbonyl (C=O) groups is 1. The number of hydrogen-bond donors (Lipinski definition) is 0. The minimum absolute atomic E-state index is 0.513. The zero-order valence-electron chi connectivity index (χ0n) is 8.21. The molecule has 0 aromatic carbocycles. The highest BCUT2D eigenvalue weighted by molar-refractivity contribution is 5.74. The smallest absolute Gasteiger partial charge is 0.146 e. The minimum Gasteiger partial charge on any atom is -0.298 e. The van der Waals surface area contributed by atoms with E-state index in [1.807, 2.05) is 0 Å². The number of rotatable bonds is 2. The van der Waals surface area contributed by atoms with Gasteiger partial charge in [-0.3, -0.25) is 4.79 Å². The molecule has 0 N–H and O–H groups in total. The van der Waals surface area contributed by atoms with Crippen LogP contribution in [0.2, 0.25) is 0 Å². The summed E-state index contributed by atoms with van der Waals surface area (Å²) in [6.07, 6.45) is 5.60. The van der Waals surface area contributed by atoms with E-state index in [2.05, 4.69) is 26.8 Å². The van der Waals surface area contributed by atoms with Gasteiger partial charge in [0.2, 0.25) is 0 Å². The molecule has 0 heterocycles. The number of carbonyl (C=O) groups excluding carboxylic acids is 1. The molecule has 1 aliphatic rings. The monoisotopic (exact) mass is 166 g/mol. The van der Waals surface area contributed by atoms with Crippen molar-refractivity contribution in [1.29, 1.82) is 0 Å². The molecule has 0 aromatic rings. The molecule has 0 saturated carbocycles. The van der Waals surface area contributed by atoms with E-state index in [0.29, 0.717) is 17.8 Å². The summed E-state index contributed by atoms with van der Waals surface area (Å²) in [4.78, 5) is 10.8. The first kappa shape index (κ1) is 9.50. The van der Waals surface area contributed by atoms with Crippen molar-refractivity contribution >= 4 is 6.29 Å². The highest BCUT2D eigenvalue weighted by Gasteiger charge is 2.22. The van der Waals surface area contributed by atoms with E-state index in [4.69, 9.17) is 0 Å². The second-order valence-corrected chi connectivity index (χ2v) is 4.19. The van der Waals surface area contributed by atoms with Crippen LogP contribution in [0.1, 0.15) is 33.6 Å². The van der Waals surface area contributed by atoms with Gasteiger partial charge >= 0.3 is 0 Å². The lowest BCUT2D eigenvalue weighted by atomic mass is 9.78. The highest BCUT2D eigenvalue weighted by atomic mass is 16.1. The molecular formula is C11H18O. The van der Waals surface area contributed by atoms with Gasteiger partial charge in [0.1, 0.15) is 6.29 Å². The Morgan fingerprint density at radius 1 is 1.50 bits per heavy atom. The minimum atomic E-state index is 0.513. The molecule has 0 radical (unpaired) electrons. The van der Waals surface area contributed by atoms with E-state index in [9.17, 15) is 4.79 Å². The SMILES string of the molecule is CC(C)[C@@H]1CC[C@@H](C)C=C1C=O. The Labute approximate surface area is 74.9 Å². The maximum absolute atomic E-state index is 10.8. The highest BCUT2D eigenvalue weighted by Crippen LogP contribution is 2.31. The van der Waals surface area contributed by atoms with E-state index >= 15 is 0 Å². The lowest BCUT2D eigenvalue weighted by molar-refractivity contribution is -0.105. The van der Waals surface area contributed by atoms with Crippen LogP contribution in [0.25, 0.3) is 0 Å². The molecule has 0 spiro atoms. The third-order valence-corrected chi connectivity index (χ3v) is 2.78. The summed E-state index contributed by atoms with van der Waals surface area (Å²) >= 11 is 0.